The number of hydrogen-bond donors (Lipinski definition) is 1. The molecule has 3 rings (SSSR count). The Morgan fingerprint density at radius 2 is 2.09 bits per heavy atom. The number of likely N-dealkylation sites (N-methyl/N-ethyl adjacent to an activating group) is 1. The fraction of sp³-hybridized carbons (Fsp3) is 0.500. The van der Waals surface area contributed by atoms with E-state index in [1.54, 1.807) is 6.07 Å². The number of hydrogen-bond acceptors (Lipinski definition) is 5. The lowest BCUT2D eigenvalue weighted by atomic mass is 10.2. The molecule has 7 heteroatoms. The summed E-state index contributed by atoms with van der Waals surface area (Å²) >= 11 is 0. The third kappa shape index (κ3) is 4.00. The Kier molecular flexibility index (Phi) is 5.96. The van der Waals surface area contributed by atoms with Crippen molar-refractivity contribution in [2.75, 3.05) is 25.0 Å². The molecule has 1 fully saturated rings. The molecule has 1 aliphatic rings. The van der Waals surface area contributed by atoms with Crippen LogP contribution in [0.1, 0.15) is 25.6 Å². The Balaban J connectivity index is 0.00000192. The lowest BCUT2D eigenvalue weighted by molar-refractivity contribution is 0.418. The predicted molar refractivity (Wildman–Crippen MR) is 90.6 cm³/mol. The lowest BCUT2D eigenvalue weighted by Crippen LogP contribution is -2.24. The zero-order valence-corrected chi connectivity index (χ0v) is 14.2. The third-order valence-electron chi connectivity index (χ3n) is 4.09. The smallest absolute Gasteiger partial charge is 0.258 e. The number of nitrogens with zero attached hydrogens (tertiary/aromatic N) is 3. The summed E-state index contributed by atoms with van der Waals surface area (Å²) in [6, 6.07) is 5.39. The second-order valence-corrected chi connectivity index (χ2v) is 5.77. The first-order valence-electron chi connectivity index (χ1n) is 7.72. The average Bonchev–Trinajstić information content (AvgIpc) is 3.18. The molecule has 1 aromatic heterocycles. The summed E-state index contributed by atoms with van der Waals surface area (Å²) in [4.78, 5) is 6.42. The molecule has 2 aromatic rings. The summed E-state index contributed by atoms with van der Waals surface area (Å²) in [5.41, 5.74) is 1.28. The zero-order valence-electron chi connectivity index (χ0n) is 13.4. The molecule has 126 valence electrons. The van der Waals surface area contributed by atoms with Crippen LogP contribution >= 0.6 is 12.4 Å². The fourth-order valence-electron chi connectivity index (χ4n) is 2.68. The van der Waals surface area contributed by atoms with E-state index in [-0.39, 0.29) is 24.3 Å². The van der Waals surface area contributed by atoms with Crippen molar-refractivity contribution in [1.82, 2.24) is 15.5 Å². The molecule has 0 saturated carbocycles. The van der Waals surface area contributed by atoms with Crippen molar-refractivity contribution in [2.24, 2.45) is 0 Å². The SMILES string of the molecule is CNC(C)Cc1noc(-c2ccc(N3CCCC3)c(F)c2)n1.Cl. The van der Waals surface area contributed by atoms with Crippen LogP contribution in [-0.4, -0.2) is 36.3 Å². The number of nitrogens with one attached hydrogen (secondary N) is 1. The standard InChI is InChI=1S/C16H21FN4O.ClH/c1-11(18-2)9-15-19-16(22-20-15)12-5-6-14(13(17)10-12)21-7-3-4-8-21;/h5-6,10-11,18H,3-4,7-9H2,1-2H3;1H. The van der Waals surface area contributed by atoms with Crippen molar-refractivity contribution >= 4 is 18.1 Å². The van der Waals surface area contributed by atoms with Gasteiger partial charge in [0.2, 0.25) is 0 Å². The van der Waals surface area contributed by atoms with Crippen molar-refractivity contribution in [3.8, 4) is 11.5 Å². The first kappa shape index (κ1) is 17.7. The summed E-state index contributed by atoms with van der Waals surface area (Å²) in [6.07, 6.45) is 2.92. The second-order valence-electron chi connectivity index (χ2n) is 5.77. The van der Waals surface area contributed by atoms with Crippen LogP contribution in [0.2, 0.25) is 0 Å². The van der Waals surface area contributed by atoms with E-state index < -0.39 is 0 Å². The molecular formula is C16H22ClFN4O. The van der Waals surface area contributed by atoms with Gasteiger partial charge in [-0.15, -0.1) is 12.4 Å². The van der Waals surface area contributed by atoms with E-state index >= 15 is 0 Å². The number of aromatic nitrogens is 2. The summed E-state index contributed by atoms with van der Waals surface area (Å²) in [7, 11) is 1.89. The van der Waals surface area contributed by atoms with Gasteiger partial charge in [0.1, 0.15) is 5.82 Å². The topological polar surface area (TPSA) is 54.2 Å². The first-order chi connectivity index (χ1) is 10.7. The van der Waals surface area contributed by atoms with E-state index in [0.29, 0.717) is 29.4 Å². The number of benzene rings is 1. The molecular weight excluding hydrogens is 319 g/mol. The molecule has 2 heterocycles. The number of rotatable bonds is 5. The molecule has 5 nitrogen and oxygen atoms in total. The van der Waals surface area contributed by atoms with Gasteiger partial charge < -0.3 is 14.7 Å². The van der Waals surface area contributed by atoms with Gasteiger partial charge in [0, 0.05) is 31.1 Å². The molecule has 1 aromatic carbocycles. The largest absolute Gasteiger partial charge is 0.369 e. The van der Waals surface area contributed by atoms with Gasteiger partial charge >= 0.3 is 0 Å². The number of halogens is 2. The van der Waals surface area contributed by atoms with E-state index in [1.165, 1.54) is 6.07 Å². The molecule has 1 aliphatic heterocycles. The van der Waals surface area contributed by atoms with Crippen LogP contribution in [0.5, 0.6) is 0 Å². The summed E-state index contributed by atoms with van der Waals surface area (Å²) < 4.78 is 19.6. The summed E-state index contributed by atoms with van der Waals surface area (Å²) in [5, 5.41) is 7.07. The lowest BCUT2D eigenvalue weighted by Gasteiger charge is -2.18. The molecule has 0 spiro atoms. The summed E-state index contributed by atoms with van der Waals surface area (Å²) in [6.45, 7) is 3.88. The van der Waals surface area contributed by atoms with Crippen molar-refractivity contribution < 1.29 is 8.91 Å². The predicted octanol–water partition coefficient (Wildman–Crippen LogP) is 3.05. The minimum atomic E-state index is -0.234. The van der Waals surface area contributed by atoms with Crippen LogP contribution in [0.3, 0.4) is 0 Å². The van der Waals surface area contributed by atoms with Gasteiger partial charge in [0.05, 0.1) is 5.69 Å². The van der Waals surface area contributed by atoms with Gasteiger partial charge in [-0.3, -0.25) is 0 Å². The van der Waals surface area contributed by atoms with Crippen LogP contribution in [0.15, 0.2) is 22.7 Å². The normalized spacial score (nSPS) is 15.5. The Labute approximate surface area is 141 Å². The Morgan fingerprint density at radius 1 is 1.35 bits per heavy atom. The second kappa shape index (κ2) is 7.75. The number of anilines is 1. The van der Waals surface area contributed by atoms with E-state index in [9.17, 15) is 4.39 Å². The van der Waals surface area contributed by atoms with E-state index in [4.69, 9.17) is 4.52 Å². The molecule has 0 amide bonds. The van der Waals surface area contributed by atoms with Crippen LogP contribution < -0.4 is 10.2 Å². The monoisotopic (exact) mass is 340 g/mol. The van der Waals surface area contributed by atoms with Gasteiger partial charge in [0.25, 0.3) is 5.89 Å². The van der Waals surface area contributed by atoms with Gasteiger partial charge in [-0.2, -0.15) is 4.98 Å². The zero-order chi connectivity index (χ0) is 15.5. The van der Waals surface area contributed by atoms with Gasteiger partial charge in [-0.05, 0) is 45.0 Å². The quantitative estimate of drug-likeness (QED) is 0.906. The fourth-order valence-corrected chi connectivity index (χ4v) is 2.68. The maximum absolute atomic E-state index is 14.3. The third-order valence-corrected chi connectivity index (χ3v) is 4.09. The molecule has 1 unspecified atom stereocenters. The highest BCUT2D eigenvalue weighted by molar-refractivity contribution is 5.85. The van der Waals surface area contributed by atoms with Crippen molar-refractivity contribution in [3.63, 3.8) is 0 Å². The Morgan fingerprint density at radius 3 is 2.74 bits per heavy atom. The minimum absolute atomic E-state index is 0. The molecule has 0 aliphatic carbocycles. The highest BCUT2D eigenvalue weighted by Crippen LogP contribution is 2.28. The van der Waals surface area contributed by atoms with Gasteiger partial charge in [-0.1, -0.05) is 5.16 Å². The maximum Gasteiger partial charge on any atom is 0.258 e. The molecule has 0 radical (unpaired) electrons. The first-order valence-corrected chi connectivity index (χ1v) is 7.72. The van der Waals surface area contributed by atoms with Crippen molar-refractivity contribution in [1.29, 1.82) is 0 Å². The van der Waals surface area contributed by atoms with E-state index in [2.05, 4.69) is 20.4 Å². The average molecular weight is 341 g/mol. The van der Waals surface area contributed by atoms with Crippen LogP contribution in [0, 0.1) is 5.82 Å². The molecule has 1 N–H and O–H groups in total. The molecule has 1 atom stereocenters. The molecule has 23 heavy (non-hydrogen) atoms. The highest BCUT2D eigenvalue weighted by atomic mass is 35.5. The van der Waals surface area contributed by atoms with Crippen LogP contribution in [0.25, 0.3) is 11.5 Å². The maximum atomic E-state index is 14.3. The van der Waals surface area contributed by atoms with Crippen LogP contribution in [-0.2, 0) is 6.42 Å². The van der Waals surface area contributed by atoms with E-state index in [1.807, 2.05) is 20.0 Å². The Hall–Kier alpha value is -1.66. The van der Waals surface area contributed by atoms with E-state index in [0.717, 1.165) is 25.9 Å². The molecule has 1 saturated heterocycles. The Bertz CT molecular complexity index is 643. The van der Waals surface area contributed by atoms with Crippen molar-refractivity contribution in [2.45, 2.75) is 32.2 Å². The molecule has 0 bridgehead atoms. The van der Waals surface area contributed by atoms with Crippen LogP contribution in [0.4, 0.5) is 10.1 Å². The van der Waals surface area contributed by atoms with Gasteiger partial charge in [0.15, 0.2) is 5.82 Å². The highest BCUT2D eigenvalue weighted by Gasteiger charge is 2.18. The minimum Gasteiger partial charge on any atom is -0.369 e. The summed E-state index contributed by atoms with van der Waals surface area (Å²) in [5.74, 6) is 0.758. The van der Waals surface area contributed by atoms with Crippen molar-refractivity contribution in [3.05, 3.63) is 29.8 Å². The van der Waals surface area contributed by atoms with Gasteiger partial charge in [-0.25, -0.2) is 4.39 Å².